The predicted octanol–water partition coefficient (Wildman–Crippen LogP) is 4.16. The molecule has 1 saturated carbocycles. The van der Waals surface area contributed by atoms with Crippen LogP contribution in [0.15, 0.2) is 35.9 Å². The molecule has 1 saturated heterocycles. The summed E-state index contributed by atoms with van der Waals surface area (Å²) in [4.78, 5) is 17.4. The highest BCUT2D eigenvalue weighted by atomic mass is 32.2. The molecular weight excluding hydrogens is 440 g/mol. The summed E-state index contributed by atoms with van der Waals surface area (Å²) in [5.74, 6) is 0.346. The predicted molar refractivity (Wildman–Crippen MR) is 130 cm³/mol. The number of benzene rings is 1. The topological polar surface area (TPSA) is 76.2 Å². The van der Waals surface area contributed by atoms with Gasteiger partial charge < -0.3 is 14.5 Å². The van der Waals surface area contributed by atoms with Crippen LogP contribution in [0.2, 0.25) is 0 Å². The zero-order valence-corrected chi connectivity index (χ0v) is 21.3. The lowest BCUT2D eigenvalue weighted by Gasteiger charge is -2.39. The number of carbonyl (C=O) groups is 1. The molecule has 0 spiro atoms. The molecule has 3 rings (SSSR count). The van der Waals surface area contributed by atoms with E-state index in [0.29, 0.717) is 12.5 Å². The minimum atomic E-state index is -3.42. The Hall–Kier alpha value is -1.90. The van der Waals surface area contributed by atoms with Gasteiger partial charge in [-0.3, -0.25) is 4.18 Å². The van der Waals surface area contributed by atoms with E-state index in [4.69, 9.17) is 8.92 Å². The molecule has 7 nitrogen and oxygen atoms in total. The first kappa shape index (κ1) is 25.7. The Bertz CT molecular complexity index is 931. The van der Waals surface area contributed by atoms with E-state index in [1.807, 2.05) is 43.9 Å². The minimum absolute atomic E-state index is 0.117. The van der Waals surface area contributed by atoms with Crippen molar-refractivity contribution < 1.29 is 22.1 Å². The number of hydrogen-bond acceptors (Lipinski definition) is 6. The number of rotatable bonds is 8. The van der Waals surface area contributed by atoms with Gasteiger partial charge in [0.2, 0.25) is 0 Å². The van der Waals surface area contributed by atoms with Gasteiger partial charge in [0.15, 0.2) is 0 Å². The van der Waals surface area contributed by atoms with Crippen molar-refractivity contribution in [1.29, 1.82) is 0 Å². The molecule has 33 heavy (non-hydrogen) atoms. The number of amides is 1. The highest BCUT2D eigenvalue weighted by molar-refractivity contribution is 7.85. The van der Waals surface area contributed by atoms with Crippen LogP contribution in [0.1, 0.15) is 52.5 Å². The van der Waals surface area contributed by atoms with Crippen LogP contribution in [0.4, 0.5) is 4.79 Å². The monoisotopic (exact) mass is 478 g/mol. The molecule has 8 heteroatoms. The fourth-order valence-electron chi connectivity index (χ4n) is 4.51. The molecule has 1 aliphatic heterocycles. The minimum Gasteiger partial charge on any atom is -0.444 e. The molecule has 0 N–H and O–H groups in total. The third-order valence-corrected chi connectivity index (χ3v) is 6.75. The van der Waals surface area contributed by atoms with Crippen LogP contribution in [0.5, 0.6) is 0 Å². The van der Waals surface area contributed by atoms with Crippen LogP contribution in [-0.4, -0.2) is 74.5 Å². The van der Waals surface area contributed by atoms with Gasteiger partial charge >= 0.3 is 6.09 Å². The molecule has 1 amide bonds. The molecule has 1 aromatic rings. The second-order valence-corrected chi connectivity index (χ2v) is 11.8. The first-order valence-corrected chi connectivity index (χ1v) is 13.6. The normalized spacial score (nSPS) is 22.8. The maximum Gasteiger partial charge on any atom is 0.410 e. The second kappa shape index (κ2) is 10.6. The van der Waals surface area contributed by atoms with E-state index >= 15 is 0 Å². The van der Waals surface area contributed by atoms with Gasteiger partial charge in [0.1, 0.15) is 5.60 Å². The Morgan fingerprint density at radius 3 is 2.39 bits per heavy atom. The van der Waals surface area contributed by atoms with E-state index in [2.05, 4.69) is 30.0 Å². The van der Waals surface area contributed by atoms with Gasteiger partial charge in [0.25, 0.3) is 10.1 Å². The largest absolute Gasteiger partial charge is 0.444 e. The average molecular weight is 479 g/mol. The highest BCUT2D eigenvalue weighted by Gasteiger charge is 2.48. The summed E-state index contributed by atoms with van der Waals surface area (Å²) in [6, 6.07) is 10.5. The first-order chi connectivity index (χ1) is 15.4. The third kappa shape index (κ3) is 8.12. The van der Waals surface area contributed by atoms with Gasteiger partial charge in [-0.2, -0.15) is 8.42 Å². The maximum atomic E-state index is 13.2. The lowest BCUT2D eigenvalue weighted by molar-refractivity contribution is 0.00433. The van der Waals surface area contributed by atoms with Crippen molar-refractivity contribution >= 4 is 22.3 Å². The van der Waals surface area contributed by atoms with E-state index < -0.39 is 15.7 Å². The number of ether oxygens (including phenoxy) is 1. The molecule has 2 unspecified atom stereocenters. The molecule has 0 radical (unpaired) electrons. The van der Waals surface area contributed by atoms with E-state index in [1.54, 1.807) is 0 Å². The van der Waals surface area contributed by atoms with Crippen LogP contribution in [0, 0.1) is 5.92 Å². The van der Waals surface area contributed by atoms with Crippen molar-refractivity contribution in [3.8, 4) is 0 Å². The molecule has 0 bridgehead atoms. The van der Waals surface area contributed by atoms with Crippen molar-refractivity contribution in [2.45, 2.75) is 64.6 Å². The molecule has 0 aromatic heterocycles. The summed E-state index contributed by atoms with van der Waals surface area (Å²) in [5, 5.41) is 0. The van der Waals surface area contributed by atoms with Crippen LogP contribution >= 0.6 is 0 Å². The van der Waals surface area contributed by atoms with Gasteiger partial charge in [-0.1, -0.05) is 42.0 Å². The second-order valence-electron chi connectivity index (χ2n) is 10.2. The van der Waals surface area contributed by atoms with E-state index in [9.17, 15) is 13.2 Å². The fraction of sp³-hybridized carbons (Fsp3) is 0.640. The lowest BCUT2D eigenvalue weighted by atomic mass is 10.0. The summed E-state index contributed by atoms with van der Waals surface area (Å²) < 4.78 is 33.0. The molecule has 1 aliphatic carbocycles. The molecule has 1 aromatic carbocycles. The smallest absolute Gasteiger partial charge is 0.410 e. The number of piperidine rings is 1. The van der Waals surface area contributed by atoms with E-state index in [0.717, 1.165) is 38.6 Å². The number of hydrogen-bond donors (Lipinski definition) is 0. The van der Waals surface area contributed by atoms with Crippen molar-refractivity contribution in [3.63, 3.8) is 0 Å². The van der Waals surface area contributed by atoms with E-state index in [-0.39, 0.29) is 24.8 Å². The zero-order valence-electron chi connectivity index (χ0n) is 20.5. The molecular formula is C25H38N2O5S. The van der Waals surface area contributed by atoms with Gasteiger partial charge in [-0.05, 0) is 52.5 Å². The van der Waals surface area contributed by atoms with Crippen molar-refractivity contribution in [2.75, 3.05) is 32.5 Å². The third-order valence-electron chi connectivity index (χ3n) is 6.15. The molecule has 2 aliphatic rings. The molecule has 2 fully saturated rings. The number of carbonyl (C=O) groups excluding carboxylic acids is 1. The zero-order chi connectivity index (χ0) is 24.2. The maximum absolute atomic E-state index is 13.2. The Labute approximate surface area is 198 Å². The quantitative estimate of drug-likeness (QED) is 0.523. The summed E-state index contributed by atoms with van der Waals surface area (Å²) in [6.07, 6.45) is 5.67. The van der Waals surface area contributed by atoms with Crippen molar-refractivity contribution in [3.05, 3.63) is 41.5 Å². The molecule has 2 atom stereocenters. The Balaban J connectivity index is 1.64. The van der Waals surface area contributed by atoms with Crippen molar-refractivity contribution in [1.82, 2.24) is 9.80 Å². The Kier molecular flexibility index (Phi) is 8.24. The van der Waals surface area contributed by atoms with Crippen LogP contribution in [-0.2, 0) is 19.0 Å². The summed E-state index contributed by atoms with van der Waals surface area (Å²) in [6.45, 7) is 10.2. The first-order valence-electron chi connectivity index (χ1n) is 11.7. The SMILES string of the molecule is CC(=Cc1ccccc1)C1CC1N(C(=O)OC(C)(C)C)C1CCN(CCOS(C)(=O)=O)CC1. The standard InChI is InChI=1S/C25H38N2O5S/c1-19(17-20-9-7-6-8-10-20)22-18-23(22)27(24(28)32-25(2,3)4)21-11-13-26(14-12-21)15-16-31-33(5,29)30/h6-10,17,21-23H,11-16,18H2,1-5H3. The molecule has 1 heterocycles. The van der Waals surface area contributed by atoms with Crippen LogP contribution in [0.25, 0.3) is 6.08 Å². The fourth-order valence-corrected chi connectivity index (χ4v) is 4.88. The van der Waals surface area contributed by atoms with Crippen molar-refractivity contribution in [2.24, 2.45) is 5.92 Å². The van der Waals surface area contributed by atoms with Gasteiger partial charge in [0, 0.05) is 37.6 Å². The van der Waals surface area contributed by atoms with Crippen LogP contribution in [0.3, 0.4) is 0 Å². The Morgan fingerprint density at radius 1 is 1.18 bits per heavy atom. The van der Waals surface area contributed by atoms with Gasteiger partial charge in [0.05, 0.1) is 12.9 Å². The molecule has 184 valence electrons. The lowest BCUT2D eigenvalue weighted by Crippen LogP contribution is -2.50. The van der Waals surface area contributed by atoms with Gasteiger partial charge in [-0.25, -0.2) is 4.79 Å². The Morgan fingerprint density at radius 2 is 1.82 bits per heavy atom. The summed E-state index contributed by atoms with van der Waals surface area (Å²) in [7, 11) is -3.42. The number of nitrogens with zero attached hydrogens (tertiary/aromatic N) is 2. The summed E-state index contributed by atoms with van der Waals surface area (Å²) >= 11 is 0. The summed E-state index contributed by atoms with van der Waals surface area (Å²) in [5.41, 5.74) is 1.92. The van der Waals surface area contributed by atoms with Gasteiger partial charge in [-0.15, -0.1) is 0 Å². The average Bonchev–Trinajstić information content (AvgIpc) is 3.48. The highest BCUT2D eigenvalue weighted by Crippen LogP contribution is 2.44. The number of likely N-dealkylation sites (tertiary alicyclic amines) is 1. The van der Waals surface area contributed by atoms with E-state index in [1.165, 1.54) is 11.1 Å². The van der Waals surface area contributed by atoms with Crippen LogP contribution < -0.4 is 0 Å².